The normalized spacial score (nSPS) is 23.8. The van der Waals surface area contributed by atoms with Crippen LogP contribution in [0.2, 0.25) is 0 Å². The average Bonchev–Trinajstić information content (AvgIpc) is 2.83. The van der Waals surface area contributed by atoms with Gasteiger partial charge in [-0.1, -0.05) is 95.4 Å². The predicted octanol–water partition coefficient (Wildman–Crippen LogP) is 9.99. The molecule has 0 amide bonds. The van der Waals surface area contributed by atoms with Crippen LogP contribution in [0.1, 0.15) is 128 Å². The lowest BCUT2D eigenvalue weighted by molar-refractivity contribution is 0.185. The van der Waals surface area contributed by atoms with Crippen molar-refractivity contribution >= 4 is 0 Å². The summed E-state index contributed by atoms with van der Waals surface area (Å²) in [4.78, 5) is 0. The van der Waals surface area contributed by atoms with Crippen molar-refractivity contribution in [3.05, 3.63) is 46.8 Å². The molecule has 0 bridgehead atoms. The molecule has 1 unspecified atom stereocenters. The molecule has 1 aromatic rings. The van der Waals surface area contributed by atoms with Gasteiger partial charge in [0.15, 0.2) is 0 Å². The minimum absolute atomic E-state index is 0.0113. The zero-order chi connectivity index (χ0) is 22.6. The smallest absolute Gasteiger partial charge is 0.126 e. The number of allylic oxidation sites excluding steroid dienone is 2. The van der Waals surface area contributed by atoms with E-state index in [1.807, 2.05) is 6.07 Å². The summed E-state index contributed by atoms with van der Waals surface area (Å²) < 4.78 is 14.4. The molecule has 0 spiro atoms. The van der Waals surface area contributed by atoms with Gasteiger partial charge < -0.3 is 0 Å². The molecule has 3 rings (SSSR count). The number of unbranched alkanes of at least 4 members (excludes halogenated alkanes) is 5. The number of halogens is 1. The molecule has 1 heteroatoms. The minimum Gasteiger partial charge on any atom is -0.207 e. The summed E-state index contributed by atoms with van der Waals surface area (Å²) >= 11 is 0. The Morgan fingerprint density at radius 1 is 0.781 bits per heavy atom. The van der Waals surface area contributed by atoms with Gasteiger partial charge in [-0.3, -0.25) is 0 Å². The van der Waals surface area contributed by atoms with Crippen molar-refractivity contribution in [1.82, 2.24) is 0 Å². The molecular weight excluding hydrogens is 391 g/mol. The highest BCUT2D eigenvalue weighted by molar-refractivity contribution is 5.25. The Morgan fingerprint density at radius 2 is 1.56 bits per heavy atom. The van der Waals surface area contributed by atoms with Gasteiger partial charge in [-0.25, -0.2) is 4.39 Å². The minimum atomic E-state index is 0.0113. The van der Waals surface area contributed by atoms with Crippen LogP contribution in [0.5, 0.6) is 0 Å². The second kappa shape index (κ2) is 14.2. The summed E-state index contributed by atoms with van der Waals surface area (Å²) in [7, 11) is 0. The largest absolute Gasteiger partial charge is 0.207 e. The quantitative estimate of drug-likeness (QED) is 0.211. The first kappa shape index (κ1) is 25.5. The number of rotatable bonds is 13. The average molecular weight is 441 g/mol. The van der Waals surface area contributed by atoms with Gasteiger partial charge in [0.1, 0.15) is 5.82 Å². The van der Waals surface area contributed by atoms with Crippen LogP contribution in [0.15, 0.2) is 29.8 Å². The van der Waals surface area contributed by atoms with Gasteiger partial charge in [0, 0.05) is 0 Å². The number of hydrogen-bond acceptors (Lipinski definition) is 0. The van der Waals surface area contributed by atoms with Gasteiger partial charge in [0.25, 0.3) is 0 Å². The molecule has 32 heavy (non-hydrogen) atoms. The van der Waals surface area contributed by atoms with Crippen molar-refractivity contribution in [2.75, 3.05) is 0 Å². The van der Waals surface area contributed by atoms with Crippen molar-refractivity contribution in [3.8, 4) is 0 Å². The van der Waals surface area contributed by atoms with Crippen molar-refractivity contribution in [1.29, 1.82) is 0 Å². The molecule has 1 fully saturated rings. The van der Waals surface area contributed by atoms with E-state index in [9.17, 15) is 4.39 Å². The molecule has 180 valence electrons. The van der Waals surface area contributed by atoms with Gasteiger partial charge in [-0.05, 0) is 92.7 Å². The Balaban J connectivity index is 1.36. The molecule has 1 saturated carbocycles. The first-order valence-corrected chi connectivity index (χ1v) is 14.1. The first-order chi connectivity index (χ1) is 15.7. The lowest BCUT2D eigenvalue weighted by Crippen LogP contribution is -2.23. The first-order valence-electron chi connectivity index (χ1n) is 14.1. The van der Waals surface area contributed by atoms with Crippen LogP contribution in [-0.4, -0.2) is 0 Å². The maximum absolute atomic E-state index is 14.4. The Hall–Kier alpha value is -1.11. The van der Waals surface area contributed by atoms with E-state index < -0.39 is 0 Å². The maximum Gasteiger partial charge on any atom is 0.126 e. The van der Waals surface area contributed by atoms with Crippen LogP contribution in [0.4, 0.5) is 4.39 Å². The van der Waals surface area contributed by atoms with E-state index in [4.69, 9.17) is 0 Å². The highest BCUT2D eigenvalue weighted by Crippen LogP contribution is 2.41. The molecule has 0 radical (unpaired) electrons. The third-order valence-electron chi connectivity index (χ3n) is 8.47. The monoisotopic (exact) mass is 440 g/mol. The Kier molecular flexibility index (Phi) is 11.3. The summed E-state index contributed by atoms with van der Waals surface area (Å²) in [6.45, 7) is 4.50. The molecule has 0 heterocycles. The summed E-state index contributed by atoms with van der Waals surface area (Å²) in [6, 6.07) is 6.00. The molecule has 0 saturated heterocycles. The fourth-order valence-corrected chi connectivity index (χ4v) is 6.19. The summed E-state index contributed by atoms with van der Waals surface area (Å²) in [5.74, 6) is 2.95. The van der Waals surface area contributed by atoms with E-state index in [0.717, 1.165) is 49.0 Å². The second-order valence-electron chi connectivity index (χ2n) is 10.9. The van der Waals surface area contributed by atoms with Crippen LogP contribution >= 0.6 is 0 Å². The summed E-state index contributed by atoms with van der Waals surface area (Å²) in [5.41, 5.74) is 3.69. The molecule has 1 aromatic carbocycles. The second-order valence-corrected chi connectivity index (χ2v) is 10.9. The SMILES string of the molecule is CCCCCC[C@H]1CC[C@H](C2CC=C(CCc3ccc(CCCCC)c(F)c3)CC2)CC1. The molecule has 2 aliphatic rings. The molecule has 0 N–H and O–H groups in total. The van der Waals surface area contributed by atoms with Gasteiger partial charge in [-0.2, -0.15) is 0 Å². The topological polar surface area (TPSA) is 0 Å². The van der Waals surface area contributed by atoms with E-state index in [-0.39, 0.29) is 5.82 Å². The highest BCUT2D eigenvalue weighted by atomic mass is 19.1. The van der Waals surface area contributed by atoms with E-state index in [1.165, 1.54) is 95.5 Å². The standard InChI is InChI=1S/C31H49F/c1-3-5-7-9-10-25-14-19-28(20-15-25)29-21-16-26(17-22-29)12-13-27-18-23-30(31(32)24-27)11-8-6-4-2/h16,18,23-25,28-29H,3-15,17,19-22H2,1-2H3/t25-,28-,29?. The fourth-order valence-electron chi connectivity index (χ4n) is 6.19. The number of aryl methyl sites for hydroxylation is 2. The third kappa shape index (κ3) is 8.35. The van der Waals surface area contributed by atoms with E-state index in [1.54, 1.807) is 11.6 Å². The number of hydrogen-bond donors (Lipinski definition) is 0. The lowest BCUT2D eigenvalue weighted by Gasteiger charge is -2.35. The van der Waals surface area contributed by atoms with E-state index >= 15 is 0 Å². The van der Waals surface area contributed by atoms with Gasteiger partial charge in [-0.15, -0.1) is 0 Å². The van der Waals surface area contributed by atoms with Gasteiger partial charge in [0.05, 0.1) is 0 Å². The summed E-state index contributed by atoms with van der Waals surface area (Å²) in [6.07, 6.45) is 26.1. The fraction of sp³-hybridized carbons (Fsp3) is 0.742. The lowest BCUT2D eigenvalue weighted by atomic mass is 9.70. The van der Waals surface area contributed by atoms with Crippen molar-refractivity contribution in [2.45, 2.75) is 129 Å². The Labute approximate surface area is 198 Å². The predicted molar refractivity (Wildman–Crippen MR) is 138 cm³/mol. The molecule has 0 aromatic heterocycles. The van der Waals surface area contributed by atoms with Crippen LogP contribution < -0.4 is 0 Å². The van der Waals surface area contributed by atoms with Crippen molar-refractivity contribution < 1.29 is 4.39 Å². The zero-order valence-electron chi connectivity index (χ0n) is 21.1. The third-order valence-corrected chi connectivity index (χ3v) is 8.47. The van der Waals surface area contributed by atoms with E-state index in [2.05, 4.69) is 26.0 Å². The molecule has 1 atom stereocenters. The van der Waals surface area contributed by atoms with Crippen LogP contribution in [-0.2, 0) is 12.8 Å². The highest BCUT2D eigenvalue weighted by Gasteiger charge is 2.28. The van der Waals surface area contributed by atoms with Crippen molar-refractivity contribution in [3.63, 3.8) is 0 Å². The maximum atomic E-state index is 14.4. The van der Waals surface area contributed by atoms with Gasteiger partial charge in [0.2, 0.25) is 0 Å². The summed E-state index contributed by atoms with van der Waals surface area (Å²) in [5, 5.41) is 0. The number of benzene rings is 1. The Morgan fingerprint density at radius 3 is 2.25 bits per heavy atom. The zero-order valence-corrected chi connectivity index (χ0v) is 21.1. The van der Waals surface area contributed by atoms with Crippen LogP contribution in [0.3, 0.4) is 0 Å². The molecule has 2 aliphatic carbocycles. The van der Waals surface area contributed by atoms with Crippen LogP contribution in [0, 0.1) is 23.6 Å². The Bertz CT molecular complexity index is 680. The molecule has 0 nitrogen and oxygen atoms in total. The van der Waals surface area contributed by atoms with Gasteiger partial charge >= 0.3 is 0 Å². The van der Waals surface area contributed by atoms with E-state index in [0.29, 0.717) is 0 Å². The molecule has 0 aliphatic heterocycles. The van der Waals surface area contributed by atoms with Crippen molar-refractivity contribution in [2.24, 2.45) is 17.8 Å². The van der Waals surface area contributed by atoms with Crippen LogP contribution in [0.25, 0.3) is 0 Å². The molecular formula is C31H49F.